The van der Waals surface area contributed by atoms with Gasteiger partial charge >= 0.3 is 6.18 Å². The summed E-state index contributed by atoms with van der Waals surface area (Å²) in [5.41, 5.74) is 3.91. The number of hydrogen-bond donors (Lipinski definition) is 2. The SMILES string of the molecule is Cc1cc(CN2CCC(Nc3ncnc4sc(CC(F)(F)F)cc34)CC2)cc2cc(C#N)[nH]c12. The van der Waals surface area contributed by atoms with Crippen molar-refractivity contribution in [1.29, 1.82) is 5.26 Å². The largest absolute Gasteiger partial charge is 0.393 e. The molecule has 4 heterocycles. The molecule has 176 valence electrons. The van der Waals surface area contributed by atoms with Crippen LogP contribution in [0, 0.1) is 18.3 Å². The van der Waals surface area contributed by atoms with Crippen molar-refractivity contribution in [2.45, 2.75) is 44.9 Å². The standard InChI is InChI=1S/C24H23F3N6S/c1-14-6-15(7-16-8-18(11-28)31-21(14)16)12-33-4-2-17(3-5-33)32-22-20-9-19(10-24(25,26)27)34-23(20)30-13-29-22/h6-9,13,17,31H,2-5,10,12H2,1H3,(H,29,30,32). The van der Waals surface area contributed by atoms with E-state index in [9.17, 15) is 13.2 Å². The molecule has 0 amide bonds. The number of rotatable bonds is 5. The average Bonchev–Trinajstić information content (AvgIpc) is 3.38. The number of benzene rings is 1. The van der Waals surface area contributed by atoms with Gasteiger partial charge in [-0.15, -0.1) is 11.3 Å². The van der Waals surface area contributed by atoms with Crippen molar-refractivity contribution in [3.63, 3.8) is 0 Å². The van der Waals surface area contributed by atoms with Gasteiger partial charge in [0.1, 0.15) is 28.7 Å². The summed E-state index contributed by atoms with van der Waals surface area (Å²) in [6, 6.07) is 10.1. The molecule has 0 radical (unpaired) electrons. The number of nitrogens with one attached hydrogen (secondary N) is 2. The first kappa shape index (κ1) is 22.6. The third-order valence-corrected chi connectivity index (χ3v) is 7.24. The summed E-state index contributed by atoms with van der Waals surface area (Å²) in [5.74, 6) is 0.606. The maximum atomic E-state index is 12.8. The highest BCUT2D eigenvalue weighted by molar-refractivity contribution is 7.18. The summed E-state index contributed by atoms with van der Waals surface area (Å²) in [4.78, 5) is 14.8. The van der Waals surface area contributed by atoms with Crippen LogP contribution in [0.1, 0.15) is 34.5 Å². The normalized spacial score (nSPS) is 15.7. The van der Waals surface area contributed by atoms with Gasteiger partial charge in [0, 0.05) is 41.5 Å². The van der Waals surface area contributed by atoms with E-state index in [2.05, 4.69) is 43.4 Å². The molecular weight excluding hydrogens is 461 g/mol. The lowest BCUT2D eigenvalue weighted by Crippen LogP contribution is -2.38. The van der Waals surface area contributed by atoms with Crippen LogP contribution in [0.3, 0.4) is 0 Å². The maximum Gasteiger partial charge on any atom is 0.393 e. The molecule has 1 aliphatic heterocycles. The summed E-state index contributed by atoms with van der Waals surface area (Å²) in [5, 5.41) is 14.3. The molecule has 0 aliphatic carbocycles. The van der Waals surface area contributed by atoms with Gasteiger partial charge in [0.15, 0.2) is 0 Å². The first-order valence-corrected chi connectivity index (χ1v) is 11.9. The van der Waals surface area contributed by atoms with Crippen LogP contribution in [-0.2, 0) is 13.0 Å². The Kier molecular flexibility index (Phi) is 5.91. The molecule has 5 rings (SSSR count). The van der Waals surface area contributed by atoms with E-state index in [1.165, 1.54) is 11.9 Å². The number of H-pyrrole nitrogens is 1. The van der Waals surface area contributed by atoms with Crippen molar-refractivity contribution >= 4 is 38.3 Å². The molecule has 2 N–H and O–H groups in total. The van der Waals surface area contributed by atoms with Crippen molar-refractivity contribution in [3.05, 3.63) is 52.3 Å². The van der Waals surface area contributed by atoms with Crippen LogP contribution in [-0.4, -0.2) is 45.2 Å². The Morgan fingerprint density at radius 1 is 1.21 bits per heavy atom. The monoisotopic (exact) mass is 484 g/mol. The van der Waals surface area contributed by atoms with Crippen LogP contribution in [0.2, 0.25) is 0 Å². The maximum absolute atomic E-state index is 12.8. The molecule has 0 atom stereocenters. The molecule has 0 unspecified atom stereocenters. The zero-order chi connectivity index (χ0) is 23.9. The Morgan fingerprint density at radius 2 is 2.00 bits per heavy atom. The molecule has 4 aromatic rings. The lowest BCUT2D eigenvalue weighted by molar-refractivity contribution is -0.126. The van der Waals surface area contributed by atoms with E-state index in [0.717, 1.165) is 60.3 Å². The summed E-state index contributed by atoms with van der Waals surface area (Å²) < 4.78 is 38.4. The quantitative estimate of drug-likeness (QED) is 0.389. The second kappa shape index (κ2) is 8.89. The molecule has 34 heavy (non-hydrogen) atoms. The van der Waals surface area contributed by atoms with Gasteiger partial charge in [-0.05, 0) is 49.1 Å². The van der Waals surface area contributed by atoms with Gasteiger partial charge < -0.3 is 10.3 Å². The fraction of sp³-hybridized carbons (Fsp3) is 0.375. The topological polar surface area (TPSA) is 80.6 Å². The van der Waals surface area contributed by atoms with Gasteiger partial charge in [-0.3, -0.25) is 4.90 Å². The van der Waals surface area contributed by atoms with Crippen LogP contribution in [0.15, 0.2) is 30.6 Å². The smallest absolute Gasteiger partial charge is 0.367 e. The zero-order valence-electron chi connectivity index (χ0n) is 18.5. The fourth-order valence-corrected chi connectivity index (χ4v) is 5.67. The van der Waals surface area contributed by atoms with Crippen molar-refractivity contribution in [2.24, 2.45) is 0 Å². The summed E-state index contributed by atoms with van der Waals surface area (Å²) in [6.45, 7) is 4.69. The van der Waals surface area contributed by atoms with Gasteiger partial charge in [-0.2, -0.15) is 18.4 Å². The molecule has 1 aliphatic rings. The Balaban J connectivity index is 1.23. The van der Waals surface area contributed by atoms with E-state index < -0.39 is 12.6 Å². The van der Waals surface area contributed by atoms with Crippen molar-refractivity contribution in [2.75, 3.05) is 18.4 Å². The van der Waals surface area contributed by atoms with Crippen LogP contribution in [0.5, 0.6) is 0 Å². The van der Waals surface area contributed by atoms with E-state index in [0.29, 0.717) is 21.7 Å². The van der Waals surface area contributed by atoms with Crippen molar-refractivity contribution < 1.29 is 13.2 Å². The van der Waals surface area contributed by atoms with Gasteiger partial charge in [-0.25, -0.2) is 9.97 Å². The highest BCUT2D eigenvalue weighted by atomic mass is 32.1. The summed E-state index contributed by atoms with van der Waals surface area (Å²) >= 11 is 1.07. The third kappa shape index (κ3) is 4.86. The number of piperidine rings is 1. The van der Waals surface area contributed by atoms with Crippen molar-refractivity contribution in [3.8, 4) is 6.07 Å². The number of nitrogens with zero attached hydrogens (tertiary/aromatic N) is 4. The predicted octanol–water partition coefficient (Wildman–Crippen LogP) is 5.53. The average molecular weight is 485 g/mol. The zero-order valence-corrected chi connectivity index (χ0v) is 19.4. The number of alkyl halides is 3. The van der Waals surface area contributed by atoms with E-state index in [1.807, 2.05) is 13.0 Å². The van der Waals surface area contributed by atoms with E-state index in [4.69, 9.17) is 5.26 Å². The van der Waals surface area contributed by atoms with Gasteiger partial charge in [-0.1, -0.05) is 6.07 Å². The molecule has 1 fully saturated rings. The Labute approximate surface area is 198 Å². The first-order chi connectivity index (χ1) is 16.3. The van der Waals surface area contributed by atoms with E-state index in [-0.39, 0.29) is 10.9 Å². The minimum Gasteiger partial charge on any atom is -0.367 e. The highest BCUT2D eigenvalue weighted by Crippen LogP contribution is 2.33. The highest BCUT2D eigenvalue weighted by Gasteiger charge is 2.29. The molecule has 0 spiro atoms. The molecule has 1 aromatic carbocycles. The van der Waals surface area contributed by atoms with Crippen LogP contribution in [0.25, 0.3) is 21.1 Å². The van der Waals surface area contributed by atoms with Gasteiger partial charge in [0.25, 0.3) is 0 Å². The second-order valence-electron chi connectivity index (χ2n) is 8.81. The minimum atomic E-state index is -4.24. The number of thiophene rings is 1. The van der Waals surface area contributed by atoms with Crippen molar-refractivity contribution in [1.82, 2.24) is 19.9 Å². The predicted molar refractivity (Wildman–Crippen MR) is 127 cm³/mol. The van der Waals surface area contributed by atoms with Crippen LogP contribution < -0.4 is 5.32 Å². The number of fused-ring (bicyclic) bond motifs is 2. The molecule has 10 heteroatoms. The lowest BCUT2D eigenvalue weighted by atomic mass is 10.0. The Bertz CT molecular complexity index is 1380. The molecule has 0 saturated carbocycles. The fourth-order valence-electron chi connectivity index (χ4n) is 4.65. The number of aromatic amines is 1. The number of nitriles is 1. The van der Waals surface area contributed by atoms with E-state index in [1.54, 1.807) is 6.07 Å². The number of hydrogen-bond acceptors (Lipinski definition) is 6. The molecule has 1 saturated heterocycles. The Morgan fingerprint density at radius 3 is 2.74 bits per heavy atom. The summed E-state index contributed by atoms with van der Waals surface area (Å²) in [6.07, 6.45) is -1.95. The lowest BCUT2D eigenvalue weighted by Gasteiger charge is -2.32. The molecular formula is C24H23F3N6S. The number of aromatic nitrogens is 3. The van der Waals surface area contributed by atoms with Gasteiger partial charge in [0.2, 0.25) is 0 Å². The molecule has 3 aromatic heterocycles. The second-order valence-corrected chi connectivity index (χ2v) is 9.93. The third-order valence-electron chi connectivity index (χ3n) is 6.20. The number of aryl methyl sites for hydroxylation is 1. The van der Waals surface area contributed by atoms with Gasteiger partial charge in [0.05, 0.1) is 11.8 Å². The minimum absolute atomic E-state index is 0.201. The molecule has 0 bridgehead atoms. The molecule has 6 nitrogen and oxygen atoms in total. The van der Waals surface area contributed by atoms with E-state index >= 15 is 0 Å². The summed E-state index contributed by atoms with van der Waals surface area (Å²) in [7, 11) is 0. The number of halogens is 3. The first-order valence-electron chi connectivity index (χ1n) is 11.1. The number of anilines is 1. The van der Waals surface area contributed by atoms with Crippen LogP contribution in [0.4, 0.5) is 19.0 Å². The Hall–Kier alpha value is -3.16. The van der Waals surface area contributed by atoms with Crippen LogP contribution >= 0.6 is 11.3 Å². The number of likely N-dealkylation sites (tertiary alicyclic amines) is 1.